The van der Waals surface area contributed by atoms with Gasteiger partial charge in [0.05, 0.1) is 0 Å². The van der Waals surface area contributed by atoms with Gasteiger partial charge in [-0.25, -0.2) is 4.79 Å². The minimum Gasteiger partial charge on any atom is -0.492 e. The lowest BCUT2D eigenvalue weighted by Crippen LogP contribution is -2.48. The maximum atomic E-state index is 12.5. The van der Waals surface area contributed by atoms with Gasteiger partial charge in [0, 0.05) is 88.7 Å². The van der Waals surface area contributed by atoms with Gasteiger partial charge in [-0.1, -0.05) is 17.7 Å². The van der Waals surface area contributed by atoms with Crippen molar-refractivity contribution in [2.24, 2.45) is 11.8 Å². The number of amides is 2. The molecule has 5 rings (SSSR count). The summed E-state index contributed by atoms with van der Waals surface area (Å²) >= 11 is 6.65. The molecule has 2 atom stereocenters. The molecule has 0 spiro atoms. The monoisotopic (exact) mass is 503 g/mol. The van der Waals surface area contributed by atoms with E-state index in [0.717, 1.165) is 66.8 Å². The second-order valence-electron chi connectivity index (χ2n) is 9.59. The number of likely N-dealkylation sites (tertiary alicyclic amines) is 2. The molecule has 188 valence electrons. The van der Waals surface area contributed by atoms with Crippen LogP contribution >= 0.6 is 11.6 Å². The molecule has 0 saturated carbocycles. The quantitative estimate of drug-likeness (QED) is 0.656. The molecule has 0 radical (unpaired) electrons. The molecule has 3 aliphatic rings. The smallest absolute Gasteiger partial charge is 0.434 e. The predicted molar refractivity (Wildman–Crippen MR) is 129 cm³/mol. The lowest BCUT2D eigenvalue weighted by Gasteiger charge is -2.35. The van der Waals surface area contributed by atoms with Crippen LogP contribution in [0, 0.1) is 11.8 Å². The van der Waals surface area contributed by atoms with E-state index in [1.165, 1.54) is 12.1 Å². The average molecular weight is 504 g/mol. The summed E-state index contributed by atoms with van der Waals surface area (Å²) in [5.41, 5.74) is 2.15. The molecule has 2 N–H and O–H groups in total. The van der Waals surface area contributed by atoms with E-state index >= 15 is 0 Å². The van der Waals surface area contributed by atoms with Gasteiger partial charge >= 0.3 is 6.09 Å². The van der Waals surface area contributed by atoms with Gasteiger partial charge < -0.3 is 29.8 Å². The number of aromatic hydroxyl groups is 2. The topological polar surface area (TPSA) is 102 Å². The molecule has 4 heterocycles. The third-order valence-corrected chi connectivity index (χ3v) is 7.66. The Labute approximate surface area is 208 Å². The summed E-state index contributed by atoms with van der Waals surface area (Å²) in [6.07, 6.45) is -0.587. The number of hydrogen-bond acceptors (Lipinski definition) is 7. The molecule has 2 amide bonds. The Morgan fingerprint density at radius 3 is 2.14 bits per heavy atom. The maximum Gasteiger partial charge on any atom is 0.434 e. The van der Waals surface area contributed by atoms with E-state index in [9.17, 15) is 19.8 Å². The molecule has 3 saturated heterocycles. The summed E-state index contributed by atoms with van der Waals surface area (Å²) in [7, 11) is 0. The maximum absolute atomic E-state index is 12.5. The first-order valence-corrected chi connectivity index (χ1v) is 12.2. The summed E-state index contributed by atoms with van der Waals surface area (Å²) < 4.78 is 0.720. The van der Waals surface area contributed by atoms with E-state index in [0.29, 0.717) is 24.9 Å². The Hall–Kier alpha value is -3.11. The molecule has 1 aromatic heterocycles. The zero-order valence-corrected chi connectivity index (χ0v) is 20.4. The zero-order valence-electron chi connectivity index (χ0n) is 19.6. The largest absolute Gasteiger partial charge is 0.492 e. The van der Waals surface area contributed by atoms with Crippen molar-refractivity contribution in [3.05, 3.63) is 40.9 Å². The highest BCUT2D eigenvalue weighted by Gasteiger charge is 2.42. The SMILES string of the molecule is CC(=O)N1CCN(c2ccc(CN3CC4CN(C(=O)On5c(O)ccc5O)CC4C3)c(Cl)c2)CC1. The average Bonchev–Trinajstić information content (AvgIpc) is 3.49. The van der Waals surface area contributed by atoms with Crippen LogP contribution in [0.4, 0.5) is 10.5 Å². The van der Waals surface area contributed by atoms with Gasteiger partial charge in [0.1, 0.15) is 0 Å². The van der Waals surface area contributed by atoms with E-state index in [-0.39, 0.29) is 17.7 Å². The first kappa shape index (κ1) is 23.6. The number of carbonyl (C=O) groups excluding carboxylic acids is 2. The third-order valence-electron chi connectivity index (χ3n) is 7.31. The number of aromatic nitrogens is 1. The zero-order chi connectivity index (χ0) is 24.7. The van der Waals surface area contributed by atoms with Crippen molar-refractivity contribution in [1.82, 2.24) is 19.4 Å². The lowest BCUT2D eigenvalue weighted by atomic mass is 10.0. The number of halogens is 1. The summed E-state index contributed by atoms with van der Waals surface area (Å²) in [5, 5.41) is 20.1. The molecule has 35 heavy (non-hydrogen) atoms. The number of nitrogens with zero attached hydrogens (tertiary/aromatic N) is 5. The molecule has 0 bridgehead atoms. The molecule has 3 aliphatic heterocycles. The fourth-order valence-corrected chi connectivity index (χ4v) is 5.62. The number of anilines is 1. The number of piperazine rings is 1. The molecule has 1 aromatic carbocycles. The van der Waals surface area contributed by atoms with Gasteiger partial charge in [0.15, 0.2) is 0 Å². The van der Waals surface area contributed by atoms with Crippen LogP contribution in [0.2, 0.25) is 5.02 Å². The highest BCUT2D eigenvalue weighted by Crippen LogP contribution is 2.34. The van der Waals surface area contributed by atoms with Gasteiger partial charge in [0.25, 0.3) is 0 Å². The fraction of sp³-hybridized carbons (Fsp3) is 0.500. The summed E-state index contributed by atoms with van der Waals surface area (Å²) in [6.45, 7) is 8.27. The van der Waals surface area contributed by atoms with Crippen LogP contribution in [0.3, 0.4) is 0 Å². The van der Waals surface area contributed by atoms with Crippen molar-refractivity contribution in [1.29, 1.82) is 0 Å². The van der Waals surface area contributed by atoms with Crippen molar-refractivity contribution in [2.45, 2.75) is 13.5 Å². The number of carbonyl (C=O) groups is 2. The Bertz CT molecular complexity index is 1080. The van der Waals surface area contributed by atoms with E-state index in [4.69, 9.17) is 16.4 Å². The first-order valence-electron chi connectivity index (χ1n) is 11.9. The molecule has 2 unspecified atom stereocenters. The number of rotatable bonds is 4. The van der Waals surface area contributed by atoms with E-state index < -0.39 is 6.09 Å². The molecule has 0 aliphatic carbocycles. The van der Waals surface area contributed by atoms with Crippen LogP contribution in [0.5, 0.6) is 11.8 Å². The van der Waals surface area contributed by atoms with Crippen molar-refractivity contribution in [3.63, 3.8) is 0 Å². The number of benzene rings is 1. The first-order chi connectivity index (χ1) is 16.8. The molecule has 3 fully saturated rings. The van der Waals surface area contributed by atoms with Crippen LogP contribution < -0.4 is 9.74 Å². The summed E-state index contributed by atoms with van der Waals surface area (Å²) in [6, 6.07) is 8.71. The Morgan fingerprint density at radius 2 is 1.57 bits per heavy atom. The van der Waals surface area contributed by atoms with E-state index in [1.54, 1.807) is 11.8 Å². The van der Waals surface area contributed by atoms with Crippen LogP contribution in [0.25, 0.3) is 0 Å². The van der Waals surface area contributed by atoms with Crippen molar-refractivity contribution < 1.29 is 24.6 Å². The van der Waals surface area contributed by atoms with Crippen molar-refractivity contribution in [2.75, 3.05) is 57.3 Å². The second-order valence-corrected chi connectivity index (χ2v) is 10.00. The van der Waals surface area contributed by atoms with Gasteiger partial charge in [-0.3, -0.25) is 9.69 Å². The summed E-state index contributed by atoms with van der Waals surface area (Å²) in [4.78, 5) is 37.3. The predicted octanol–water partition coefficient (Wildman–Crippen LogP) is 1.83. The molecular formula is C24H30ClN5O5. The summed E-state index contributed by atoms with van der Waals surface area (Å²) in [5.74, 6) is 0.133. The van der Waals surface area contributed by atoms with Crippen LogP contribution in [-0.4, -0.2) is 94.0 Å². The van der Waals surface area contributed by atoms with Gasteiger partial charge in [-0.2, -0.15) is 0 Å². The standard InChI is InChI=1S/C24H30ClN5O5/c1-16(31)27-6-8-28(9-7-27)20-3-2-17(21(25)10-20)11-26-12-18-14-29(15-19(18)13-26)24(34)35-30-22(32)4-5-23(30)33/h2-5,10,18-19,32-33H,6-9,11-15H2,1H3. The Kier molecular flexibility index (Phi) is 6.41. The minimum atomic E-state index is -0.587. The van der Waals surface area contributed by atoms with E-state index in [2.05, 4.69) is 21.9 Å². The fourth-order valence-electron chi connectivity index (χ4n) is 5.38. The van der Waals surface area contributed by atoms with Gasteiger partial charge in [0.2, 0.25) is 17.7 Å². The van der Waals surface area contributed by atoms with Gasteiger partial charge in [-0.05, 0) is 29.5 Å². The normalized spacial score (nSPS) is 22.5. The Morgan fingerprint density at radius 1 is 0.943 bits per heavy atom. The van der Waals surface area contributed by atoms with Gasteiger partial charge in [-0.15, -0.1) is 4.73 Å². The highest BCUT2D eigenvalue weighted by atomic mass is 35.5. The second kappa shape index (κ2) is 9.50. The lowest BCUT2D eigenvalue weighted by molar-refractivity contribution is -0.129. The van der Waals surface area contributed by atoms with Crippen LogP contribution in [0.15, 0.2) is 30.3 Å². The molecular weight excluding hydrogens is 474 g/mol. The van der Waals surface area contributed by atoms with Crippen LogP contribution in [-0.2, 0) is 11.3 Å². The minimum absolute atomic E-state index is 0.118. The number of fused-ring (bicyclic) bond motifs is 1. The van der Waals surface area contributed by atoms with Crippen molar-refractivity contribution >= 4 is 29.3 Å². The third kappa shape index (κ3) is 4.85. The molecule has 2 aromatic rings. The van der Waals surface area contributed by atoms with E-state index in [1.807, 2.05) is 11.0 Å². The van der Waals surface area contributed by atoms with Crippen molar-refractivity contribution in [3.8, 4) is 11.8 Å². The van der Waals surface area contributed by atoms with Crippen LogP contribution in [0.1, 0.15) is 12.5 Å². The molecule has 11 heteroatoms. The molecule has 10 nitrogen and oxygen atoms in total. The highest BCUT2D eigenvalue weighted by molar-refractivity contribution is 6.31. The Balaban J connectivity index is 1.13. The number of hydrogen-bond donors (Lipinski definition) is 2.